The van der Waals surface area contributed by atoms with Crippen molar-refractivity contribution in [3.8, 4) is 0 Å². The van der Waals surface area contributed by atoms with Crippen LogP contribution in [0.4, 0.5) is 0 Å². The molecule has 2 saturated heterocycles. The predicted molar refractivity (Wildman–Crippen MR) is 41.9 cm³/mol. The number of carboxylic acid groups (broad SMARTS) is 1. The Kier molecular flexibility index (Phi) is 1.81. The van der Waals surface area contributed by atoms with Crippen molar-refractivity contribution < 1.29 is 14.6 Å². The zero-order valence-electron chi connectivity index (χ0n) is 6.88. The fraction of sp³-hybridized carbons (Fsp3) is 0.875. The number of nitrogens with one attached hydrogen (secondary N) is 1. The van der Waals surface area contributed by atoms with Gasteiger partial charge in [0.25, 0.3) is 0 Å². The number of carbonyl (C=O) groups is 1. The molecule has 4 nitrogen and oxygen atoms in total. The number of ether oxygens (including phenoxy) is 1. The van der Waals surface area contributed by atoms with Crippen molar-refractivity contribution in [2.24, 2.45) is 11.3 Å². The Morgan fingerprint density at radius 2 is 2.50 bits per heavy atom. The minimum Gasteiger partial charge on any atom is -0.481 e. The first-order valence-electron chi connectivity index (χ1n) is 4.26. The van der Waals surface area contributed by atoms with Crippen LogP contribution in [0.15, 0.2) is 0 Å². The molecule has 0 saturated carbocycles. The van der Waals surface area contributed by atoms with Crippen molar-refractivity contribution in [1.82, 2.24) is 5.32 Å². The number of carboxylic acids is 1. The number of hydrogen-bond acceptors (Lipinski definition) is 3. The fourth-order valence-corrected chi connectivity index (χ4v) is 2.19. The maximum absolute atomic E-state index is 10.9. The van der Waals surface area contributed by atoms with Crippen molar-refractivity contribution in [3.63, 3.8) is 0 Å². The van der Waals surface area contributed by atoms with Crippen molar-refractivity contribution in [1.29, 1.82) is 0 Å². The van der Waals surface area contributed by atoms with E-state index in [1.165, 1.54) is 0 Å². The summed E-state index contributed by atoms with van der Waals surface area (Å²) in [4.78, 5) is 10.9. The Morgan fingerprint density at radius 1 is 1.67 bits per heavy atom. The molecule has 0 aromatic rings. The summed E-state index contributed by atoms with van der Waals surface area (Å²) < 4.78 is 5.26. The lowest BCUT2D eigenvalue weighted by Crippen LogP contribution is -2.35. The molecule has 2 atom stereocenters. The van der Waals surface area contributed by atoms with Crippen LogP contribution in [-0.4, -0.2) is 37.4 Å². The lowest BCUT2D eigenvalue weighted by molar-refractivity contribution is -0.144. The molecule has 0 amide bonds. The topological polar surface area (TPSA) is 58.6 Å². The second kappa shape index (κ2) is 2.71. The van der Waals surface area contributed by atoms with Gasteiger partial charge in [0.2, 0.25) is 0 Å². The Morgan fingerprint density at radius 3 is 3.08 bits per heavy atom. The van der Waals surface area contributed by atoms with Gasteiger partial charge in [0, 0.05) is 25.1 Å². The van der Waals surface area contributed by atoms with E-state index in [4.69, 9.17) is 9.84 Å². The van der Waals surface area contributed by atoms with Gasteiger partial charge in [0.15, 0.2) is 0 Å². The molecule has 0 bridgehead atoms. The molecule has 2 aliphatic heterocycles. The summed E-state index contributed by atoms with van der Waals surface area (Å²) in [6.45, 7) is 2.71. The lowest BCUT2D eigenvalue weighted by atomic mass is 9.77. The van der Waals surface area contributed by atoms with Gasteiger partial charge in [0.1, 0.15) is 0 Å². The van der Waals surface area contributed by atoms with E-state index in [0.29, 0.717) is 19.8 Å². The average molecular weight is 171 g/mol. The summed E-state index contributed by atoms with van der Waals surface area (Å²) >= 11 is 0. The molecule has 1 spiro atoms. The largest absolute Gasteiger partial charge is 0.481 e. The monoisotopic (exact) mass is 171 g/mol. The summed E-state index contributed by atoms with van der Waals surface area (Å²) in [5.74, 6) is -0.939. The molecule has 2 aliphatic rings. The van der Waals surface area contributed by atoms with E-state index in [2.05, 4.69) is 5.32 Å². The highest BCUT2D eigenvalue weighted by Crippen LogP contribution is 2.39. The Hall–Kier alpha value is -0.610. The van der Waals surface area contributed by atoms with E-state index in [1.54, 1.807) is 0 Å². The summed E-state index contributed by atoms with van der Waals surface area (Å²) in [5.41, 5.74) is -0.105. The fourth-order valence-electron chi connectivity index (χ4n) is 2.19. The minimum atomic E-state index is -0.689. The molecule has 2 N–H and O–H groups in total. The zero-order valence-corrected chi connectivity index (χ0v) is 6.88. The highest BCUT2D eigenvalue weighted by molar-refractivity contribution is 5.72. The minimum absolute atomic E-state index is 0.105. The van der Waals surface area contributed by atoms with Crippen LogP contribution in [0.2, 0.25) is 0 Å². The van der Waals surface area contributed by atoms with Crippen LogP contribution in [0.3, 0.4) is 0 Å². The first kappa shape index (κ1) is 8.01. The molecule has 0 aliphatic carbocycles. The second-order valence-corrected chi connectivity index (χ2v) is 3.69. The molecule has 2 heterocycles. The Balaban J connectivity index is 2.17. The van der Waals surface area contributed by atoms with Crippen LogP contribution < -0.4 is 5.32 Å². The van der Waals surface area contributed by atoms with Gasteiger partial charge >= 0.3 is 5.97 Å². The lowest BCUT2D eigenvalue weighted by Gasteiger charge is -2.24. The van der Waals surface area contributed by atoms with E-state index in [0.717, 1.165) is 13.0 Å². The average Bonchev–Trinajstić information content (AvgIpc) is 2.61. The standard InChI is InChI=1S/C8H13NO3/c10-7(11)6-3-9-4-8(6)1-2-12-5-8/h6,9H,1-5H2,(H,10,11). The summed E-state index contributed by atoms with van der Waals surface area (Å²) in [7, 11) is 0. The molecule has 0 aromatic heterocycles. The molecule has 2 rings (SSSR count). The van der Waals surface area contributed by atoms with Gasteiger partial charge in [-0.1, -0.05) is 0 Å². The zero-order chi connectivity index (χ0) is 8.60. The maximum atomic E-state index is 10.9. The van der Waals surface area contributed by atoms with E-state index in [9.17, 15) is 4.79 Å². The third kappa shape index (κ3) is 1.03. The van der Waals surface area contributed by atoms with E-state index >= 15 is 0 Å². The van der Waals surface area contributed by atoms with Gasteiger partial charge in [-0.15, -0.1) is 0 Å². The molecular weight excluding hydrogens is 158 g/mol. The van der Waals surface area contributed by atoms with Crippen LogP contribution in [0, 0.1) is 11.3 Å². The Labute approximate surface area is 70.9 Å². The van der Waals surface area contributed by atoms with Crippen molar-refractivity contribution in [3.05, 3.63) is 0 Å². The molecule has 2 unspecified atom stereocenters. The van der Waals surface area contributed by atoms with Crippen LogP contribution >= 0.6 is 0 Å². The van der Waals surface area contributed by atoms with E-state index in [-0.39, 0.29) is 11.3 Å². The maximum Gasteiger partial charge on any atom is 0.308 e. The highest BCUT2D eigenvalue weighted by Gasteiger charge is 2.49. The molecule has 0 aromatic carbocycles. The third-order valence-corrected chi connectivity index (χ3v) is 3.00. The van der Waals surface area contributed by atoms with Crippen LogP contribution in [0.5, 0.6) is 0 Å². The van der Waals surface area contributed by atoms with Crippen molar-refractivity contribution in [2.75, 3.05) is 26.3 Å². The van der Waals surface area contributed by atoms with Crippen molar-refractivity contribution >= 4 is 5.97 Å². The molecule has 2 fully saturated rings. The molecular formula is C8H13NO3. The summed E-state index contributed by atoms with van der Waals surface area (Å²) in [6, 6.07) is 0. The third-order valence-electron chi connectivity index (χ3n) is 3.00. The number of aliphatic carboxylic acids is 1. The number of rotatable bonds is 1. The molecule has 4 heteroatoms. The second-order valence-electron chi connectivity index (χ2n) is 3.69. The smallest absolute Gasteiger partial charge is 0.308 e. The summed E-state index contributed by atoms with van der Waals surface area (Å²) in [5, 5.41) is 12.1. The van der Waals surface area contributed by atoms with Gasteiger partial charge in [0.05, 0.1) is 12.5 Å². The first-order valence-corrected chi connectivity index (χ1v) is 4.26. The normalized spacial score (nSPS) is 40.8. The predicted octanol–water partition coefficient (Wildman–Crippen LogP) is -0.303. The van der Waals surface area contributed by atoms with Crippen molar-refractivity contribution in [2.45, 2.75) is 6.42 Å². The summed E-state index contributed by atoms with van der Waals surface area (Å²) in [6.07, 6.45) is 0.886. The molecule has 0 radical (unpaired) electrons. The van der Waals surface area contributed by atoms with Gasteiger partial charge < -0.3 is 15.2 Å². The van der Waals surface area contributed by atoms with Crippen LogP contribution in [0.1, 0.15) is 6.42 Å². The Bertz CT molecular complexity index is 193. The van der Waals surface area contributed by atoms with Gasteiger partial charge in [-0.05, 0) is 6.42 Å². The quantitative estimate of drug-likeness (QED) is 0.568. The molecule has 68 valence electrons. The van der Waals surface area contributed by atoms with Crippen LogP contribution in [0.25, 0.3) is 0 Å². The first-order chi connectivity index (χ1) is 5.75. The van der Waals surface area contributed by atoms with Crippen LogP contribution in [-0.2, 0) is 9.53 Å². The van der Waals surface area contributed by atoms with Gasteiger partial charge in [-0.2, -0.15) is 0 Å². The number of hydrogen-bond donors (Lipinski definition) is 2. The highest BCUT2D eigenvalue weighted by atomic mass is 16.5. The SMILES string of the molecule is O=C(O)C1CNCC12CCOC2. The van der Waals surface area contributed by atoms with Gasteiger partial charge in [-0.25, -0.2) is 0 Å². The van der Waals surface area contributed by atoms with Gasteiger partial charge in [-0.3, -0.25) is 4.79 Å². The van der Waals surface area contributed by atoms with E-state index in [1.807, 2.05) is 0 Å². The molecule has 12 heavy (non-hydrogen) atoms. The van der Waals surface area contributed by atoms with E-state index < -0.39 is 5.97 Å².